The first-order valence-electron chi connectivity index (χ1n) is 5.67. The monoisotopic (exact) mass is 349 g/mol. The molecule has 2 aromatic carbocycles. The Morgan fingerprint density at radius 2 is 1.95 bits per heavy atom. The van der Waals surface area contributed by atoms with Crippen LogP contribution in [0.5, 0.6) is 0 Å². The van der Waals surface area contributed by atoms with E-state index in [9.17, 15) is 0 Å². The van der Waals surface area contributed by atoms with E-state index in [0.717, 1.165) is 21.4 Å². The zero-order valence-corrected chi connectivity index (χ0v) is 13.0. The SMILES string of the molecule is S=c1c2ccccc2[se]n1-c1cccc2nsnc12. The molecule has 0 amide bonds. The first-order chi connectivity index (χ1) is 9.34. The quantitative estimate of drug-likeness (QED) is 0.390. The van der Waals surface area contributed by atoms with Crippen molar-refractivity contribution in [2.24, 2.45) is 0 Å². The number of aromatic nitrogens is 3. The molecule has 0 saturated carbocycles. The van der Waals surface area contributed by atoms with Crippen molar-refractivity contribution in [3.63, 3.8) is 0 Å². The molecule has 4 rings (SSSR count). The summed E-state index contributed by atoms with van der Waals surface area (Å²) in [7, 11) is 0. The van der Waals surface area contributed by atoms with E-state index < -0.39 is 0 Å². The van der Waals surface area contributed by atoms with E-state index in [2.05, 4.69) is 36.6 Å². The predicted molar refractivity (Wildman–Crippen MR) is 82.0 cm³/mol. The Hall–Kier alpha value is -1.33. The van der Waals surface area contributed by atoms with Crippen molar-refractivity contribution in [3.8, 4) is 5.69 Å². The van der Waals surface area contributed by atoms with Crippen molar-refractivity contribution in [2.75, 3.05) is 0 Å². The summed E-state index contributed by atoms with van der Waals surface area (Å²) in [6.45, 7) is 0. The van der Waals surface area contributed by atoms with Gasteiger partial charge in [0.1, 0.15) is 0 Å². The fraction of sp³-hybridized carbons (Fsp3) is 0. The molecule has 2 aromatic heterocycles. The van der Waals surface area contributed by atoms with Gasteiger partial charge >= 0.3 is 124 Å². The van der Waals surface area contributed by atoms with Crippen molar-refractivity contribution in [1.29, 1.82) is 0 Å². The van der Waals surface area contributed by atoms with Crippen LogP contribution < -0.4 is 0 Å². The first kappa shape index (κ1) is 11.5. The van der Waals surface area contributed by atoms with Gasteiger partial charge < -0.3 is 0 Å². The van der Waals surface area contributed by atoms with Crippen LogP contribution in [0.15, 0.2) is 42.5 Å². The Bertz CT molecular complexity index is 951. The predicted octanol–water partition coefficient (Wildman–Crippen LogP) is 3.42. The summed E-state index contributed by atoms with van der Waals surface area (Å²) in [5.74, 6) is 0. The molecular formula is C13H7N3S2Se. The van der Waals surface area contributed by atoms with Gasteiger partial charge in [-0.15, -0.1) is 0 Å². The molecule has 0 saturated heterocycles. The van der Waals surface area contributed by atoms with Crippen LogP contribution in [-0.2, 0) is 0 Å². The number of hydrogen-bond donors (Lipinski definition) is 0. The number of fused-ring (bicyclic) bond motifs is 2. The molecular weight excluding hydrogens is 341 g/mol. The number of rotatable bonds is 1. The van der Waals surface area contributed by atoms with Crippen LogP contribution in [-0.4, -0.2) is 27.0 Å². The van der Waals surface area contributed by atoms with Gasteiger partial charge in [-0.05, 0) is 0 Å². The molecule has 92 valence electrons. The molecule has 3 nitrogen and oxygen atoms in total. The van der Waals surface area contributed by atoms with Crippen molar-refractivity contribution in [3.05, 3.63) is 47.1 Å². The molecule has 6 heteroatoms. The zero-order valence-electron chi connectivity index (χ0n) is 9.61. The average Bonchev–Trinajstić information content (AvgIpc) is 3.04. The van der Waals surface area contributed by atoms with E-state index in [4.69, 9.17) is 12.2 Å². The molecule has 2 heterocycles. The molecule has 0 aliphatic rings. The Morgan fingerprint density at radius 1 is 1.05 bits per heavy atom. The number of nitrogens with zero attached hydrogens (tertiary/aromatic N) is 3. The van der Waals surface area contributed by atoms with Gasteiger partial charge in [0.15, 0.2) is 0 Å². The second-order valence-corrected chi connectivity index (χ2v) is 7.08. The molecule has 0 bridgehead atoms. The fourth-order valence-electron chi connectivity index (χ4n) is 2.09. The van der Waals surface area contributed by atoms with E-state index in [1.807, 2.05) is 18.2 Å². The molecule has 0 radical (unpaired) electrons. The summed E-state index contributed by atoms with van der Waals surface area (Å²) in [5, 5.41) is 1.18. The van der Waals surface area contributed by atoms with Crippen LogP contribution in [0.2, 0.25) is 0 Å². The molecule has 19 heavy (non-hydrogen) atoms. The van der Waals surface area contributed by atoms with Gasteiger partial charge in [0, 0.05) is 0 Å². The van der Waals surface area contributed by atoms with E-state index in [1.54, 1.807) is 0 Å². The topological polar surface area (TPSA) is 30.7 Å². The normalized spacial score (nSPS) is 11.4. The van der Waals surface area contributed by atoms with Gasteiger partial charge in [-0.3, -0.25) is 0 Å². The van der Waals surface area contributed by atoms with Gasteiger partial charge in [0.2, 0.25) is 0 Å². The van der Waals surface area contributed by atoms with Crippen LogP contribution in [0.1, 0.15) is 0 Å². The van der Waals surface area contributed by atoms with Gasteiger partial charge in [-0.25, -0.2) is 0 Å². The molecule has 0 N–H and O–H groups in total. The second-order valence-electron chi connectivity index (χ2n) is 4.10. The minimum atomic E-state index is 0.186. The van der Waals surface area contributed by atoms with Crippen LogP contribution in [0.25, 0.3) is 26.4 Å². The molecule has 0 unspecified atom stereocenters. The van der Waals surface area contributed by atoms with Crippen molar-refractivity contribution in [1.82, 2.24) is 12.3 Å². The van der Waals surface area contributed by atoms with Crippen molar-refractivity contribution < 1.29 is 0 Å². The van der Waals surface area contributed by atoms with E-state index in [0.29, 0.717) is 0 Å². The maximum atomic E-state index is 5.61. The molecule has 4 aromatic rings. The molecule has 0 atom stereocenters. The Labute approximate surface area is 124 Å². The van der Waals surface area contributed by atoms with Gasteiger partial charge in [0.05, 0.1) is 0 Å². The van der Waals surface area contributed by atoms with Crippen LogP contribution >= 0.6 is 23.9 Å². The van der Waals surface area contributed by atoms with Gasteiger partial charge in [0.25, 0.3) is 0 Å². The Kier molecular flexibility index (Phi) is 2.63. The Morgan fingerprint density at radius 3 is 2.84 bits per heavy atom. The summed E-state index contributed by atoms with van der Waals surface area (Å²) >= 11 is 7.05. The summed E-state index contributed by atoms with van der Waals surface area (Å²) in [5.41, 5.74) is 2.97. The van der Waals surface area contributed by atoms with Gasteiger partial charge in [-0.1, -0.05) is 0 Å². The summed E-state index contributed by atoms with van der Waals surface area (Å²) in [4.78, 5) is 0. The van der Waals surface area contributed by atoms with Crippen LogP contribution in [0.4, 0.5) is 0 Å². The molecule has 0 spiro atoms. The second kappa shape index (κ2) is 4.35. The fourth-order valence-corrected chi connectivity index (χ4v) is 5.40. The van der Waals surface area contributed by atoms with Crippen molar-refractivity contribution in [2.45, 2.75) is 0 Å². The summed E-state index contributed by atoms with van der Waals surface area (Å²) < 4.78 is 13.1. The van der Waals surface area contributed by atoms with E-state index >= 15 is 0 Å². The maximum absolute atomic E-state index is 5.61. The van der Waals surface area contributed by atoms with Crippen molar-refractivity contribution >= 4 is 59.4 Å². The number of hydrogen-bond acceptors (Lipinski definition) is 4. The van der Waals surface area contributed by atoms with Gasteiger partial charge in [-0.2, -0.15) is 0 Å². The third-order valence-corrected chi connectivity index (χ3v) is 6.52. The zero-order chi connectivity index (χ0) is 12.8. The average molecular weight is 348 g/mol. The summed E-state index contributed by atoms with van der Waals surface area (Å²) in [6, 6.07) is 14.4. The third-order valence-electron chi connectivity index (χ3n) is 2.98. The molecule has 0 aliphatic heterocycles. The molecule has 0 aliphatic carbocycles. The van der Waals surface area contributed by atoms with Crippen LogP contribution in [0.3, 0.4) is 0 Å². The number of benzene rings is 2. The van der Waals surface area contributed by atoms with E-state index in [1.165, 1.54) is 21.4 Å². The van der Waals surface area contributed by atoms with Crippen LogP contribution in [0, 0.1) is 4.64 Å². The summed E-state index contributed by atoms with van der Waals surface area (Å²) in [6.07, 6.45) is 0. The third kappa shape index (κ3) is 1.72. The minimum absolute atomic E-state index is 0.186. The first-order valence-corrected chi connectivity index (χ1v) is 8.43. The van der Waals surface area contributed by atoms with E-state index in [-0.39, 0.29) is 14.7 Å². The molecule has 0 fully saturated rings. The standard InChI is InChI=1S/C13H7N3S2Se/c17-13-8-4-1-2-7-11(8)19-16(13)10-6-3-5-9-12(10)15-18-14-9/h1-7H. The Balaban J connectivity index is 2.12.